The summed E-state index contributed by atoms with van der Waals surface area (Å²) in [6.45, 7) is 7.89. The molecule has 31 heavy (non-hydrogen) atoms. The first kappa shape index (κ1) is 21.7. The van der Waals surface area contributed by atoms with Crippen molar-refractivity contribution in [1.82, 2.24) is 9.47 Å². The number of aromatic nitrogens is 1. The number of halogens is 1. The van der Waals surface area contributed by atoms with Crippen LogP contribution in [0, 0.1) is 0 Å². The van der Waals surface area contributed by atoms with Crippen LogP contribution in [-0.4, -0.2) is 53.3 Å². The molecule has 164 valence electrons. The number of hydrogen-bond acceptors (Lipinski definition) is 3. The van der Waals surface area contributed by atoms with Gasteiger partial charge < -0.3 is 14.6 Å². The van der Waals surface area contributed by atoms with Crippen molar-refractivity contribution < 1.29 is 9.90 Å². The number of carbonyl (C=O) groups is 1. The normalized spacial score (nSPS) is 16.0. The number of hydrogen-bond donors (Lipinski definition) is 1. The van der Waals surface area contributed by atoms with Crippen LogP contribution in [0.15, 0.2) is 54.7 Å². The number of benzene rings is 2. The van der Waals surface area contributed by atoms with Crippen molar-refractivity contribution in [1.29, 1.82) is 0 Å². The van der Waals surface area contributed by atoms with E-state index in [1.165, 1.54) is 0 Å². The standard InChI is InChI=1S/C25H30ClN3O2/c1-2-19(25(30)31)21-18-29(23-10-5-3-8-20(21)23)13-7-12-27-14-16-28(17-15-27)24-11-6-4-9-22(24)26/h3-6,8-11,18-19H,2,7,12-17H2,1H3,(H,30,31). The van der Waals surface area contributed by atoms with Crippen molar-refractivity contribution in [3.05, 3.63) is 65.3 Å². The van der Waals surface area contributed by atoms with Crippen molar-refractivity contribution in [2.45, 2.75) is 32.2 Å². The van der Waals surface area contributed by atoms with Gasteiger partial charge in [-0.2, -0.15) is 0 Å². The Labute approximate surface area is 188 Å². The van der Waals surface area contributed by atoms with Crippen LogP contribution in [0.25, 0.3) is 10.9 Å². The van der Waals surface area contributed by atoms with E-state index in [4.69, 9.17) is 11.6 Å². The van der Waals surface area contributed by atoms with Crippen LogP contribution >= 0.6 is 11.6 Å². The molecule has 1 fully saturated rings. The summed E-state index contributed by atoms with van der Waals surface area (Å²) in [5, 5.41) is 11.5. The smallest absolute Gasteiger partial charge is 0.311 e. The average molecular weight is 440 g/mol. The predicted molar refractivity (Wildman–Crippen MR) is 127 cm³/mol. The van der Waals surface area contributed by atoms with Gasteiger partial charge in [-0.25, -0.2) is 0 Å². The summed E-state index contributed by atoms with van der Waals surface area (Å²) in [4.78, 5) is 16.6. The van der Waals surface area contributed by atoms with E-state index in [2.05, 4.69) is 32.7 Å². The molecular weight excluding hydrogens is 410 g/mol. The lowest BCUT2D eigenvalue weighted by atomic mass is 9.96. The van der Waals surface area contributed by atoms with Crippen molar-refractivity contribution in [2.75, 3.05) is 37.6 Å². The first-order chi connectivity index (χ1) is 15.1. The number of fused-ring (bicyclic) bond motifs is 1. The summed E-state index contributed by atoms with van der Waals surface area (Å²) in [6, 6.07) is 16.2. The minimum atomic E-state index is -0.748. The van der Waals surface area contributed by atoms with Gasteiger partial charge in [0.25, 0.3) is 0 Å². The molecule has 0 saturated carbocycles. The maximum absolute atomic E-state index is 11.7. The Bertz CT molecular complexity index is 1040. The van der Waals surface area contributed by atoms with Crippen LogP contribution < -0.4 is 4.90 Å². The second kappa shape index (κ2) is 9.75. The van der Waals surface area contributed by atoms with Crippen molar-refractivity contribution >= 4 is 34.2 Å². The zero-order valence-corrected chi connectivity index (χ0v) is 18.8. The molecule has 1 unspecified atom stereocenters. The Hall–Kier alpha value is -2.50. The second-order valence-corrected chi connectivity index (χ2v) is 8.63. The monoisotopic (exact) mass is 439 g/mol. The molecule has 1 atom stereocenters. The molecule has 2 heterocycles. The number of para-hydroxylation sites is 2. The fourth-order valence-corrected chi connectivity index (χ4v) is 4.91. The highest BCUT2D eigenvalue weighted by molar-refractivity contribution is 6.33. The van der Waals surface area contributed by atoms with E-state index in [1.54, 1.807) is 0 Å². The highest BCUT2D eigenvalue weighted by atomic mass is 35.5. The molecule has 3 aromatic rings. The lowest BCUT2D eigenvalue weighted by Gasteiger charge is -2.36. The fourth-order valence-electron chi connectivity index (χ4n) is 4.65. The molecular formula is C25H30ClN3O2. The molecule has 1 N–H and O–H groups in total. The molecule has 1 aliphatic rings. The van der Waals surface area contributed by atoms with Gasteiger partial charge in [-0.15, -0.1) is 0 Å². The third-order valence-corrected chi connectivity index (χ3v) is 6.66. The molecule has 6 heteroatoms. The summed E-state index contributed by atoms with van der Waals surface area (Å²) >= 11 is 6.35. The van der Waals surface area contributed by atoms with Crippen LogP contribution in [0.2, 0.25) is 5.02 Å². The first-order valence-corrected chi connectivity index (χ1v) is 11.5. The van der Waals surface area contributed by atoms with Gasteiger partial charge in [0.15, 0.2) is 0 Å². The van der Waals surface area contributed by atoms with E-state index < -0.39 is 11.9 Å². The Morgan fingerprint density at radius 1 is 1.03 bits per heavy atom. The quantitative estimate of drug-likeness (QED) is 0.531. The number of rotatable bonds is 8. The van der Waals surface area contributed by atoms with E-state index in [0.717, 1.165) is 72.9 Å². The van der Waals surface area contributed by atoms with E-state index in [-0.39, 0.29) is 0 Å². The molecule has 0 radical (unpaired) electrons. The summed E-state index contributed by atoms with van der Waals surface area (Å²) in [6.07, 6.45) is 3.69. The summed E-state index contributed by atoms with van der Waals surface area (Å²) in [7, 11) is 0. The third kappa shape index (κ3) is 4.73. The zero-order chi connectivity index (χ0) is 21.8. The highest BCUT2D eigenvalue weighted by Crippen LogP contribution is 2.30. The van der Waals surface area contributed by atoms with Gasteiger partial charge in [-0.3, -0.25) is 9.69 Å². The molecule has 0 spiro atoms. The van der Waals surface area contributed by atoms with Crippen LogP contribution in [-0.2, 0) is 11.3 Å². The van der Waals surface area contributed by atoms with Crippen molar-refractivity contribution in [3.8, 4) is 0 Å². The van der Waals surface area contributed by atoms with Crippen LogP contribution in [0.3, 0.4) is 0 Å². The number of carboxylic acid groups (broad SMARTS) is 1. The lowest BCUT2D eigenvalue weighted by Crippen LogP contribution is -2.46. The van der Waals surface area contributed by atoms with E-state index >= 15 is 0 Å². The van der Waals surface area contributed by atoms with E-state index in [0.29, 0.717) is 6.42 Å². The average Bonchev–Trinajstić information content (AvgIpc) is 3.13. The number of nitrogens with zero attached hydrogens (tertiary/aromatic N) is 3. The van der Waals surface area contributed by atoms with Gasteiger partial charge in [0.2, 0.25) is 0 Å². The van der Waals surface area contributed by atoms with E-state index in [1.807, 2.05) is 43.3 Å². The molecule has 0 bridgehead atoms. The first-order valence-electron chi connectivity index (χ1n) is 11.1. The molecule has 1 aromatic heterocycles. The number of carboxylic acids is 1. The Kier molecular flexibility index (Phi) is 6.83. The van der Waals surface area contributed by atoms with Crippen LogP contribution in [0.5, 0.6) is 0 Å². The molecule has 0 amide bonds. The fraction of sp³-hybridized carbons (Fsp3) is 0.400. The molecule has 0 aliphatic carbocycles. The minimum absolute atomic E-state index is 0.455. The number of aryl methyl sites for hydroxylation is 1. The summed E-state index contributed by atoms with van der Waals surface area (Å²) in [5.41, 5.74) is 3.18. The van der Waals surface area contributed by atoms with E-state index in [9.17, 15) is 9.90 Å². The Morgan fingerprint density at radius 2 is 1.74 bits per heavy atom. The van der Waals surface area contributed by atoms with Gasteiger partial charge >= 0.3 is 5.97 Å². The highest BCUT2D eigenvalue weighted by Gasteiger charge is 2.23. The van der Waals surface area contributed by atoms with Gasteiger partial charge in [-0.1, -0.05) is 48.9 Å². The van der Waals surface area contributed by atoms with Crippen LogP contribution in [0.1, 0.15) is 31.2 Å². The largest absolute Gasteiger partial charge is 0.481 e. The summed E-state index contributed by atoms with van der Waals surface area (Å²) < 4.78 is 2.23. The number of aliphatic carboxylic acids is 1. The van der Waals surface area contributed by atoms with Gasteiger partial charge in [0, 0.05) is 49.8 Å². The topological polar surface area (TPSA) is 48.7 Å². The molecule has 5 nitrogen and oxygen atoms in total. The molecule has 1 saturated heterocycles. The minimum Gasteiger partial charge on any atom is -0.481 e. The van der Waals surface area contributed by atoms with Crippen molar-refractivity contribution in [2.24, 2.45) is 0 Å². The molecule has 1 aliphatic heterocycles. The van der Waals surface area contributed by atoms with Crippen molar-refractivity contribution in [3.63, 3.8) is 0 Å². The Morgan fingerprint density at radius 3 is 2.45 bits per heavy atom. The summed E-state index contributed by atoms with van der Waals surface area (Å²) in [5.74, 6) is -1.20. The molecule has 4 rings (SSSR count). The van der Waals surface area contributed by atoms with Crippen LogP contribution in [0.4, 0.5) is 5.69 Å². The SMILES string of the molecule is CCC(C(=O)O)c1cn(CCCN2CCN(c3ccccc3Cl)CC2)c2ccccc12. The maximum atomic E-state index is 11.7. The second-order valence-electron chi connectivity index (χ2n) is 8.23. The van der Waals surface area contributed by atoms with Gasteiger partial charge in [0.05, 0.1) is 16.6 Å². The number of anilines is 1. The Balaban J connectivity index is 1.36. The third-order valence-electron chi connectivity index (χ3n) is 6.34. The van der Waals surface area contributed by atoms with Gasteiger partial charge in [0.1, 0.15) is 0 Å². The maximum Gasteiger partial charge on any atom is 0.311 e. The van der Waals surface area contributed by atoms with Gasteiger partial charge in [-0.05, 0) is 43.1 Å². The zero-order valence-electron chi connectivity index (χ0n) is 18.0. The molecule has 2 aromatic carbocycles. The predicted octanol–water partition coefficient (Wildman–Crippen LogP) is 5.09. The number of piperazine rings is 1. The lowest BCUT2D eigenvalue weighted by molar-refractivity contribution is -0.138.